The number of nitrogens with one attached hydrogen (secondary N) is 1. The maximum Gasteiger partial charge on any atom is 0.417 e. The number of alkyl halides is 1. The molecule has 0 radical (unpaired) electrons. The van der Waals surface area contributed by atoms with E-state index in [9.17, 15) is 4.79 Å². The van der Waals surface area contributed by atoms with Gasteiger partial charge in [-0.05, 0) is 35.4 Å². The Morgan fingerprint density at radius 2 is 2.00 bits per heavy atom. The molecule has 0 saturated heterocycles. The van der Waals surface area contributed by atoms with Crippen LogP contribution >= 0.6 is 39.1 Å². The summed E-state index contributed by atoms with van der Waals surface area (Å²) in [7, 11) is 0. The summed E-state index contributed by atoms with van der Waals surface area (Å²) in [5, 5.41) is 0.162. The molecule has 0 aliphatic heterocycles. The molecule has 1 heterocycles. The van der Waals surface area contributed by atoms with Gasteiger partial charge in [-0.3, -0.25) is 4.98 Å². The first-order chi connectivity index (χ1) is 9.54. The third-order valence-corrected chi connectivity index (χ3v) is 4.28. The van der Waals surface area contributed by atoms with Crippen LogP contribution < -0.4 is 5.76 Å². The van der Waals surface area contributed by atoms with Crippen molar-refractivity contribution in [1.29, 1.82) is 0 Å². The Kier molecular flexibility index (Phi) is 3.63. The summed E-state index contributed by atoms with van der Waals surface area (Å²) in [5.41, 5.74) is 2.73. The number of oxazole rings is 1. The lowest BCUT2D eigenvalue weighted by Gasteiger charge is -2.12. The lowest BCUT2D eigenvalue weighted by Crippen LogP contribution is -1.94. The minimum atomic E-state index is -0.482. The van der Waals surface area contributed by atoms with Crippen LogP contribution in [0.5, 0.6) is 0 Å². The van der Waals surface area contributed by atoms with Crippen molar-refractivity contribution < 1.29 is 4.42 Å². The molecule has 0 spiro atoms. The summed E-state index contributed by atoms with van der Waals surface area (Å²) in [4.78, 5) is 13.7. The standard InChI is InChI=1S/C14H8BrCl2NO2/c15-8-2-3-9(10(16)6-8)13(17)7-1-4-11-12(5-7)20-14(19)18-11/h1-6,13H,(H,18,19). The third-order valence-electron chi connectivity index (χ3n) is 2.97. The van der Waals surface area contributed by atoms with Gasteiger partial charge >= 0.3 is 5.76 Å². The Morgan fingerprint density at radius 1 is 1.20 bits per heavy atom. The molecule has 0 saturated carbocycles. The van der Waals surface area contributed by atoms with E-state index in [4.69, 9.17) is 27.6 Å². The van der Waals surface area contributed by atoms with Gasteiger partial charge in [0, 0.05) is 9.50 Å². The fraction of sp³-hybridized carbons (Fsp3) is 0.0714. The first kappa shape index (κ1) is 13.7. The smallest absolute Gasteiger partial charge is 0.408 e. The van der Waals surface area contributed by atoms with Crippen LogP contribution in [0.25, 0.3) is 11.1 Å². The van der Waals surface area contributed by atoms with Gasteiger partial charge in [-0.15, -0.1) is 11.6 Å². The highest BCUT2D eigenvalue weighted by Crippen LogP contribution is 2.35. The van der Waals surface area contributed by atoms with Crippen LogP contribution in [0.2, 0.25) is 5.02 Å². The Labute approximate surface area is 132 Å². The molecule has 20 heavy (non-hydrogen) atoms. The van der Waals surface area contributed by atoms with E-state index in [1.165, 1.54) is 0 Å². The van der Waals surface area contributed by atoms with E-state index in [-0.39, 0.29) is 0 Å². The van der Waals surface area contributed by atoms with Crippen molar-refractivity contribution in [2.45, 2.75) is 5.38 Å². The Bertz CT molecular complexity index is 841. The third kappa shape index (κ3) is 2.51. The monoisotopic (exact) mass is 371 g/mol. The summed E-state index contributed by atoms with van der Waals surface area (Å²) in [6, 6.07) is 10.9. The van der Waals surface area contributed by atoms with Crippen LogP contribution in [-0.2, 0) is 0 Å². The number of hydrogen-bond acceptors (Lipinski definition) is 2. The van der Waals surface area contributed by atoms with Gasteiger partial charge < -0.3 is 4.42 Å². The molecule has 0 bridgehead atoms. The quantitative estimate of drug-likeness (QED) is 0.652. The molecule has 3 aromatic rings. The molecule has 3 rings (SSSR count). The van der Waals surface area contributed by atoms with E-state index >= 15 is 0 Å². The van der Waals surface area contributed by atoms with Gasteiger partial charge in [0.05, 0.1) is 10.9 Å². The molecule has 1 unspecified atom stereocenters. The van der Waals surface area contributed by atoms with Crippen molar-refractivity contribution in [2.75, 3.05) is 0 Å². The molecule has 0 amide bonds. The SMILES string of the molecule is O=c1[nH]c2ccc(C(Cl)c3ccc(Br)cc3Cl)cc2o1. The van der Waals surface area contributed by atoms with Gasteiger partial charge in [-0.1, -0.05) is 39.7 Å². The number of halogens is 3. The molecule has 0 fully saturated rings. The molecule has 3 nitrogen and oxygen atoms in total. The number of rotatable bonds is 2. The molecule has 2 aromatic carbocycles. The van der Waals surface area contributed by atoms with Gasteiger partial charge in [0.2, 0.25) is 0 Å². The number of benzene rings is 2. The van der Waals surface area contributed by atoms with Gasteiger partial charge in [-0.2, -0.15) is 0 Å². The summed E-state index contributed by atoms with van der Waals surface area (Å²) < 4.78 is 5.92. The van der Waals surface area contributed by atoms with E-state index in [0.29, 0.717) is 16.1 Å². The number of fused-ring (bicyclic) bond motifs is 1. The highest BCUT2D eigenvalue weighted by Gasteiger charge is 2.16. The topological polar surface area (TPSA) is 46.0 Å². The molecular weight excluding hydrogens is 365 g/mol. The second kappa shape index (κ2) is 5.28. The summed E-state index contributed by atoms with van der Waals surface area (Å²) in [5.74, 6) is -0.482. The molecule has 1 atom stereocenters. The highest BCUT2D eigenvalue weighted by atomic mass is 79.9. The summed E-state index contributed by atoms with van der Waals surface area (Å²) >= 11 is 16.0. The first-order valence-electron chi connectivity index (χ1n) is 5.76. The van der Waals surface area contributed by atoms with Gasteiger partial charge in [0.25, 0.3) is 0 Å². The first-order valence-corrected chi connectivity index (χ1v) is 7.37. The van der Waals surface area contributed by atoms with Crippen molar-refractivity contribution >= 4 is 50.2 Å². The minimum Gasteiger partial charge on any atom is -0.408 e. The zero-order valence-electron chi connectivity index (χ0n) is 9.99. The fourth-order valence-corrected chi connectivity index (χ4v) is 3.17. The van der Waals surface area contributed by atoms with Gasteiger partial charge in [0.15, 0.2) is 5.58 Å². The molecule has 102 valence electrons. The lowest BCUT2D eigenvalue weighted by atomic mass is 10.0. The fourth-order valence-electron chi connectivity index (χ4n) is 2.01. The van der Waals surface area contributed by atoms with Crippen LogP contribution in [0.15, 0.2) is 50.1 Å². The van der Waals surface area contributed by atoms with Crippen molar-refractivity contribution in [1.82, 2.24) is 4.98 Å². The number of hydrogen-bond donors (Lipinski definition) is 1. The Morgan fingerprint density at radius 3 is 2.75 bits per heavy atom. The predicted molar refractivity (Wildman–Crippen MR) is 83.7 cm³/mol. The molecule has 1 aromatic heterocycles. The number of aromatic nitrogens is 1. The zero-order valence-corrected chi connectivity index (χ0v) is 13.1. The van der Waals surface area contributed by atoms with E-state index in [0.717, 1.165) is 15.6 Å². The average molecular weight is 373 g/mol. The van der Waals surface area contributed by atoms with Crippen LogP contribution in [0.3, 0.4) is 0 Å². The summed E-state index contributed by atoms with van der Waals surface area (Å²) in [6.07, 6.45) is 0. The normalized spacial score (nSPS) is 12.8. The zero-order chi connectivity index (χ0) is 14.3. The van der Waals surface area contributed by atoms with Gasteiger partial charge in [-0.25, -0.2) is 4.79 Å². The van der Waals surface area contributed by atoms with Crippen LogP contribution in [-0.4, -0.2) is 4.98 Å². The molecule has 0 aliphatic rings. The average Bonchev–Trinajstić information content (AvgIpc) is 2.77. The van der Waals surface area contributed by atoms with E-state index < -0.39 is 11.1 Å². The number of H-pyrrole nitrogens is 1. The highest BCUT2D eigenvalue weighted by molar-refractivity contribution is 9.10. The maximum absolute atomic E-state index is 11.2. The second-order valence-electron chi connectivity index (χ2n) is 4.30. The number of aromatic amines is 1. The van der Waals surface area contributed by atoms with E-state index in [1.807, 2.05) is 18.2 Å². The second-order valence-corrected chi connectivity index (χ2v) is 6.06. The predicted octanol–water partition coefficient (Wildman–Crippen LogP) is 4.87. The summed E-state index contributed by atoms with van der Waals surface area (Å²) in [6.45, 7) is 0. The van der Waals surface area contributed by atoms with Crippen molar-refractivity contribution in [3.8, 4) is 0 Å². The van der Waals surface area contributed by atoms with E-state index in [1.54, 1.807) is 18.2 Å². The van der Waals surface area contributed by atoms with Crippen LogP contribution in [0.4, 0.5) is 0 Å². The molecule has 6 heteroatoms. The molecule has 1 N–H and O–H groups in total. The maximum atomic E-state index is 11.2. The largest absolute Gasteiger partial charge is 0.417 e. The van der Waals surface area contributed by atoms with Gasteiger partial charge in [0.1, 0.15) is 0 Å². The Balaban J connectivity index is 2.06. The van der Waals surface area contributed by atoms with Crippen molar-refractivity contribution in [3.05, 3.63) is 67.6 Å². The Hall–Kier alpha value is -1.23. The van der Waals surface area contributed by atoms with Crippen LogP contribution in [0, 0.1) is 0 Å². The lowest BCUT2D eigenvalue weighted by molar-refractivity contribution is 0.555. The minimum absolute atomic E-state index is 0.416. The van der Waals surface area contributed by atoms with Crippen LogP contribution in [0.1, 0.15) is 16.5 Å². The molecular formula is C14H8BrCl2NO2. The van der Waals surface area contributed by atoms with E-state index in [2.05, 4.69) is 20.9 Å². The molecule has 0 aliphatic carbocycles. The van der Waals surface area contributed by atoms with Crippen molar-refractivity contribution in [3.63, 3.8) is 0 Å². The van der Waals surface area contributed by atoms with Crippen molar-refractivity contribution in [2.24, 2.45) is 0 Å².